The Hall–Kier alpha value is -1.97. The Morgan fingerprint density at radius 3 is 2.78 bits per heavy atom. The van der Waals surface area contributed by atoms with Crippen LogP contribution in [-0.2, 0) is 11.2 Å². The first-order valence-electron chi connectivity index (χ1n) is 5.86. The maximum absolute atomic E-state index is 10.4. The van der Waals surface area contributed by atoms with Gasteiger partial charge in [0.05, 0.1) is 12.8 Å². The lowest BCUT2D eigenvalue weighted by molar-refractivity contribution is -0.131. The molecule has 0 spiro atoms. The highest BCUT2D eigenvalue weighted by molar-refractivity contribution is 5.79. The SMILES string of the molecule is CCc1ccc(OC)c(N(C)C/C=C/C(=O)O)c1. The quantitative estimate of drug-likeness (QED) is 0.786. The molecule has 0 atom stereocenters. The molecule has 98 valence electrons. The van der Waals surface area contributed by atoms with Gasteiger partial charge in [-0.05, 0) is 24.1 Å². The molecule has 4 heteroatoms. The summed E-state index contributed by atoms with van der Waals surface area (Å²) >= 11 is 0. The average molecular weight is 249 g/mol. The number of rotatable bonds is 6. The highest BCUT2D eigenvalue weighted by atomic mass is 16.5. The summed E-state index contributed by atoms with van der Waals surface area (Å²) in [6.07, 6.45) is 3.71. The van der Waals surface area contributed by atoms with Gasteiger partial charge in [-0.15, -0.1) is 0 Å². The van der Waals surface area contributed by atoms with Crippen LogP contribution < -0.4 is 9.64 Å². The van der Waals surface area contributed by atoms with Crippen LogP contribution in [0.25, 0.3) is 0 Å². The first kappa shape index (κ1) is 14.1. The molecule has 0 bridgehead atoms. The average Bonchev–Trinajstić information content (AvgIpc) is 2.37. The van der Waals surface area contributed by atoms with Gasteiger partial charge in [0.15, 0.2) is 0 Å². The Morgan fingerprint density at radius 2 is 2.22 bits per heavy atom. The predicted octanol–water partition coefficient (Wildman–Crippen LogP) is 2.33. The van der Waals surface area contributed by atoms with E-state index in [2.05, 4.69) is 13.0 Å². The molecule has 1 aromatic rings. The zero-order valence-electron chi connectivity index (χ0n) is 11.0. The molecule has 0 saturated heterocycles. The fourth-order valence-corrected chi connectivity index (χ4v) is 1.66. The number of carboxylic acids is 1. The zero-order chi connectivity index (χ0) is 13.5. The van der Waals surface area contributed by atoms with Crippen LogP contribution in [0, 0.1) is 0 Å². The zero-order valence-corrected chi connectivity index (χ0v) is 11.0. The monoisotopic (exact) mass is 249 g/mol. The molecular weight excluding hydrogens is 230 g/mol. The third-order valence-electron chi connectivity index (χ3n) is 2.70. The molecule has 0 radical (unpaired) electrons. The van der Waals surface area contributed by atoms with Crippen LogP contribution >= 0.6 is 0 Å². The van der Waals surface area contributed by atoms with Crippen molar-refractivity contribution in [3.63, 3.8) is 0 Å². The maximum Gasteiger partial charge on any atom is 0.328 e. The van der Waals surface area contributed by atoms with Gasteiger partial charge in [0.25, 0.3) is 0 Å². The summed E-state index contributed by atoms with van der Waals surface area (Å²) in [5.74, 6) is -0.143. The summed E-state index contributed by atoms with van der Waals surface area (Å²) in [5, 5.41) is 8.55. The van der Waals surface area contributed by atoms with Crippen molar-refractivity contribution in [2.24, 2.45) is 0 Å². The number of ether oxygens (including phenoxy) is 1. The molecule has 1 N–H and O–H groups in total. The molecule has 0 aromatic heterocycles. The minimum absolute atomic E-state index is 0.524. The Morgan fingerprint density at radius 1 is 1.50 bits per heavy atom. The van der Waals surface area contributed by atoms with Gasteiger partial charge in [-0.3, -0.25) is 0 Å². The van der Waals surface area contributed by atoms with E-state index >= 15 is 0 Å². The predicted molar refractivity (Wildman–Crippen MR) is 72.4 cm³/mol. The van der Waals surface area contributed by atoms with Crippen LogP contribution in [0.15, 0.2) is 30.4 Å². The number of carbonyl (C=O) groups is 1. The third-order valence-corrected chi connectivity index (χ3v) is 2.70. The number of carboxylic acid groups (broad SMARTS) is 1. The van der Waals surface area contributed by atoms with Gasteiger partial charge >= 0.3 is 5.97 Å². The number of anilines is 1. The Bertz CT molecular complexity index is 441. The van der Waals surface area contributed by atoms with Gasteiger partial charge in [0.2, 0.25) is 0 Å². The topological polar surface area (TPSA) is 49.8 Å². The molecule has 0 unspecified atom stereocenters. The van der Waals surface area contributed by atoms with Crippen molar-refractivity contribution in [2.75, 3.05) is 25.6 Å². The van der Waals surface area contributed by atoms with Crippen molar-refractivity contribution in [1.29, 1.82) is 0 Å². The van der Waals surface area contributed by atoms with Crippen LogP contribution in [0.2, 0.25) is 0 Å². The number of hydrogen-bond donors (Lipinski definition) is 1. The van der Waals surface area contributed by atoms with E-state index in [-0.39, 0.29) is 0 Å². The lowest BCUT2D eigenvalue weighted by atomic mass is 10.1. The molecule has 0 fully saturated rings. The van der Waals surface area contributed by atoms with E-state index < -0.39 is 5.97 Å². The molecule has 0 saturated carbocycles. The minimum atomic E-state index is -0.933. The first-order valence-corrected chi connectivity index (χ1v) is 5.86. The Labute approximate surface area is 107 Å². The van der Waals surface area contributed by atoms with Crippen LogP contribution in [0.5, 0.6) is 5.75 Å². The number of hydrogen-bond acceptors (Lipinski definition) is 3. The van der Waals surface area contributed by atoms with Crippen molar-refractivity contribution in [3.8, 4) is 5.75 Å². The molecule has 1 rings (SSSR count). The molecule has 0 heterocycles. The van der Waals surface area contributed by atoms with Crippen molar-refractivity contribution in [2.45, 2.75) is 13.3 Å². The summed E-state index contributed by atoms with van der Waals surface area (Å²) < 4.78 is 5.31. The molecule has 4 nitrogen and oxygen atoms in total. The number of methoxy groups -OCH3 is 1. The molecule has 1 aromatic carbocycles. The van der Waals surface area contributed by atoms with E-state index in [4.69, 9.17) is 9.84 Å². The Balaban J connectivity index is 2.88. The third kappa shape index (κ3) is 3.80. The number of benzene rings is 1. The van der Waals surface area contributed by atoms with E-state index in [1.54, 1.807) is 13.2 Å². The normalized spacial score (nSPS) is 10.6. The number of aliphatic carboxylic acids is 1. The Kier molecular flexibility index (Phi) is 5.24. The van der Waals surface area contributed by atoms with Gasteiger partial charge in [0.1, 0.15) is 5.75 Å². The number of aryl methyl sites for hydroxylation is 1. The van der Waals surface area contributed by atoms with Gasteiger partial charge in [-0.2, -0.15) is 0 Å². The highest BCUT2D eigenvalue weighted by Gasteiger charge is 2.07. The summed E-state index contributed by atoms with van der Waals surface area (Å²) in [5.41, 5.74) is 2.19. The minimum Gasteiger partial charge on any atom is -0.495 e. The molecule has 0 aliphatic carbocycles. The molecule has 0 aliphatic rings. The maximum atomic E-state index is 10.4. The lowest BCUT2D eigenvalue weighted by Crippen LogP contribution is -2.18. The fraction of sp³-hybridized carbons (Fsp3) is 0.357. The van der Waals surface area contributed by atoms with Gasteiger partial charge in [0, 0.05) is 19.7 Å². The van der Waals surface area contributed by atoms with Crippen LogP contribution in [0.4, 0.5) is 5.69 Å². The molecular formula is C14H19NO3. The van der Waals surface area contributed by atoms with E-state index in [0.717, 1.165) is 23.9 Å². The standard InChI is InChI=1S/C14H19NO3/c1-4-11-7-8-13(18-3)12(10-11)15(2)9-5-6-14(16)17/h5-8,10H,4,9H2,1-3H3,(H,16,17)/b6-5+. The summed E-state index contributed by atoms with van der Waals surface area (Å²) in [7, 11) is 3.54. The highest BCUT2D eigenvalue weighted by Crippen LogP contribution is 2.28. The van der Waals surface area contributed by atoms with Gasteiger partial charge < -0.3 is 14.7 Å². The number of likely N-dealkylation sites (N-methyl/N-ethyl adjacent to an activating group) is 1. The van der Waals surface area contributed by atoms with Crippen molar-refractivity contribution in [1.82, 2.24) is 0 Å². The van der Waals surface area contributed by atoms with Crippen molar-refractivity contribution >= 4 is 11.7 Å². The molecule has 0 amide bonds. The van der Waals surface area contributed by atoms with E-state index in [1.165, 1.54) is 5.56 Å². The van der Waals surface area contributed by atoms with E-state index in [9.17, 15) is 4.79 Å². The van der Waals surface area contributed by atoms with Crippen LogP contribution in [0.1, 0.15) is 12.5 Å². The number of nitrogens with zero attached hydrogens (tertiary/aromatic N) is 1. The van der Waals surface area contributed by atoms with Gasteiger partial charge in [-0.1, -0.05) is 19.1 Å². The van der Waals surface area contributed by atoms with E-state index in [0.29, 0.717) is 6.54 Å². The second kappa shape index (κ2) is 6.69. The van der Waals surface area contributed by atoms with Crippen molar-refractivity contribution in [3.05, 3.63) is 35.9 Å². The molecule has 18 heavy (non-hydrogen) atoms. The second-order valence-electron chi connectivity index (χ2n) is 3.98. The summed E-state index contributed by atoms with van der Waals surface area (Å²) in [6.45, 7) is 2.62. The van der Waals surface area contributed by atoms with E-state index in [1.807, 2.05) is 24.1 Å². The fourth-order valence-electron chi connectivity index (χ4n) is 1.66. The van der Waals surface area contributed by atoms with Crippen molar-refractivity contribution < 1.29 is 14.6 Å². The van der Waals surface area contributed by atoms with Gasteiger partial charge in [-0.25, -0.2) is 4.79 Å². The van der Waals surface area contributed by atoms with Crippen LogP contribution in [0.3, 0.4) is 0 Å². The lowest BCUT2D eigenvalue weighted by Gasteiger charge is -2.21. The summed E-state index contributed by atoms with van der Waals surface area (Å²) in [6, 6.07) is 6.03. The second-order valence-corrected chi connectivity index (χ2v) is 3.98. The largest absolute Gasteiger partial charge is 0.495 e. The smallest absolute Gasteiger partial charge is 0.328 e. The van der Waals surface area contributed by atoms with Crippen LogP contribution in [-0.4, -0.2) is 31.8 Å². The molecule has 0 aliphatic heterocycles. The first-order chi connectivity index (χ1) is 8.58. The summed E-state index contributed by atoms with van der Waals surface area (Å²) in [4.78, 5) is 12.4.